The maximum Gasteiger partial charge on any atom is 0.339 e. The van der Waals surface area contributed by atoms with Gasteiger partial charge in [0.25, 0.3) is 5.91 Å². The summed E-state index contributed by atoms with van der Waals surface area (Å²) >= 11 is 1.21. The molecule has 1 amide bonds. The zero-order valence-electron chi connectivity index (χ0n) is 15.3. The standard InChI is InChI=1S/C18H21NO5S2/c1-6-13-11(4)25-17(15(13)18(21)22)19-16(20)14-8-12(26(5,23)24)7-9(2)10(14)3/h7-8H,6H2,1-5H3,(H,19,20)(H,21,22). The van der Waals surface area contributed by atoms with Crippen LogP contribution in [0.4, 0.5) is 5.00 Å². The molecule has 0 fully saturated rings. The second-order valence-corrected chi connectivity index (χ2v) is 9.38. The predicted molar refractivity (Wildman–Crippen MR) is 102 cm³/mol. The molecule has 140 valence electrons. The summed E-state index contributed by atoms with van der Waals surface area (Å²) in [7, 11) is -3.47. The molecule has 2 rings (SSSR count). The predicted octanol–water partition coefficient (Wildman–Crippen LogP) is 3.59. The van der Waals surface area contributed by atoms with Crippen LogP contribution in [-0.4, -0.2) is 31.7 Å². The summed E-state index contributed by atoms with van der Waals surface area (Å²) in [5, 5.41) is 12.4. The van der Waals surface area contributed by atoms with Crippen molar-refractivity contribution in [3.05, 3.63) is 44.8 Å². The summed E-state index contributed by atoms with van der Waals surface area (Å²) in [5.41, 5.74) is 2.32. The molecule has 26 heavy (non-hydrogen) atoms. The summed E-state index contributed by atoms with van der Waals surface area (Å²) in [4.78, 5) is 25.3. The van der Waals surface area contributed by atoms with Crippen molar-refractivity contribution in [1.29, 1.82) is 0 Å². The molecule has 0 spiro atoms. The van der Waals surface area contributed by atoms with Crippen LogP contribution >= 0.6 is 11.3 Å². The molecular formula is C18H21NO5S2. The average Bonchev–Trinajstić information content (AvgIpc) is 2.83. The summed E-state index contributed by atoms with van der Waals surface area (Å²) in [6.45, 7) is 7.13. The van der Waals surface area contributed by atoms with E-state index in [-0.39, 0.29) is 21.0 Å². The number of nitrogens with one attached hydrogen (secondary N) is 1. The van der Waals surface area contributed by atoms with E-state index in [0.717, 1.165) is 11.1 Å². The minimum Gasteiger partial charge on any atom is -0.478 e. The Bertz CT molecular complexity index is 1000. The first-order valence-corrected chi connectivity index (χ1v) is 10.7. The van der Waals surface area contributed by atoms with E-state index in [1.165, 1.54) is 23.5 Å². The number of hydrogen-bond donors (Lipinski definition) is 2. The molecule has 0 saturated heterocycles. The molecule has 0 aliphatic carbocycles. The van der Waals surface area contributed by atoms with Gasteiger partial charge in [-0.3, -0.25) is 4.79 Å². The lowest BCUT2D eigenvalue weighted by Crippen LogP contribution is -2.16. The van der Waals surface area contributed by atoms with Crippen molar-refractivity contribution in [2.24, 2.45) is 0 Å². The minimum absolute atomic E-state index is 0.0563. The molecule has 0 saturated carbocycles. The fraction of sp³-hybridized carbons (Fsp3) is 0.333. The lowest BCUT2D eigenvalue weighted by atomic mass is 10.0. The van der Waals surface area contributed by atoms with Gasteiger partial charge in [0.15, 0.2) is 9.84 Å². The molecule has 2 N–H and O–H groups in total. The number of carbonyl (C=O) groups excluding carboxylic acids is 1. The number of aromatic carboxylic acids is 1. The molecule has 8 heteroatoms. The molecule has 0 aliphatic rings. The summed E-state index contributed by atoms with van der Waals surface area (Å²) < 4.78 is 23.7. The van der Waals surface area contributed by atoms with Crippen LogP contribution in [0.2, 0.25) is 0 Å². The number of hydrogen-bond acceptors (Lipinski definition) is 5. The third-order valence-corrected chi connectivity index (χ3v) is 6.47. The number of carbonyl (C=O) groups is 2. The monoisotopic (exact) mass is 395 g/mol. The fourth-order valence-corrected chi connectivity index (χ4v) is 4.62. The van der Waals surface area contributed by atoms with Gasteiger partial charge in [-0.1, -0.05) is 6.92 Å². The third-order valence-electron chi connectivity index (χ3n) is 4.32. The summed E-state index contributed by atoms with van der Waals surface area (Å²) in [5.74, 6) is -1.62. The van der Waals surface area contributed by atoms with Crippen molar-refractivity contribution in [3.8, 4) is 0 Å². The number of thiophene rings is 1. The molecule has 1 heterocycles. The highest BCUT2D eigenvalue weighted by Crippen LogP contribution is 2.34. The lowest BCUT2D eigenvalue weighted by Gasteiger charge is -2.12. The SMILES string of the molecule is CCc1c(C)sc(NC(=O)c2cc(S(C)(=O)=O)cc(C)c2C)c1C(=O)O. The number of amides is 1. The molecular weight excluding hydrogens is 374 g/mol. The molecule has 0 atom stereocenters. The van der Waals surface area contributed by atoms with Crippen molar-refractivity contribution in [3.63, 3.8) is 0 Å². The van der Waals surface area contributed by atoms with Gasteiger partial charge in [-0.2, -0.15) is 0 Å². The topological polar surface area (TPSA) is 101 Å². The highest BCUT2D eigenvalue weighted by atomic mass is 32.2. The van der Waals surface area contributed by atoms with Gasteiger partial charge in [-0.25, -0.2) is 13.2 Å². The molecule has 1 aromatic carbocycles. The molecule has 0 unspecified atom stereocenters. The van der Waals surface area contributed by atoms with Crippen molar-refractivity contribution in [2.75, 3.05) is 11.6 Å². The van der Waals surface area contributed by atoms with E-state index in [2.05, 4.69) is 5.32 Å². The van der Waals surface area contributed by atoms with Crippen LogP contribution < -0.4 is 5.32 Å². The van der Waals surface area contributed by atoms with Gasteiger partial charge in [0.2, 0.25) is 0 Å². The number of carboxylic acids is 1. The van der Waals surface area contributed by atoms with E-state index in [9.17, 15) is 23.1 Å². The minimum atomic E-state index is -3.47. The Labute approximate surface area is 156 Å². The number of benzene rings is 1. The summed E-state index contributed by atoms with van der Waals surface area (Å²) in [6, 6.07) is 2.85. The Morgan fingerprint density at radius 2 is 1.81 bits per heavy atom. The van der Waals surface area contributed by atoms with Crippen molar-refractivity contribution >= 4 is 38.1 Å². The van der Waals surface area contributed by atoms with Crippen LogP contribution in [0.25, 0.3) is 0 Å². The van der Waals surface area contributed by atoms with Gasteiger partial charge < -0.3 is 10.4 Å². The first kappa shape index (κ1) is 20.1. The summed E-state index contributed by atoms with van der Waals surface area (Å²) in [6.07, 6.45) is 1.62. The molecule has 1 aromatic heterocycles. The second-order valence-electron chi connectivity index (χ2n) is 6.14. The Morgan fingerprint density at radius 1 is 1.19 bits per heavy atom. The van der Waals surface area contributed by atoms with Crippen LogP contribution in [0.15, 0.2) is 17.0 Å². The van der Waals surface area contributed by atoms with E-state index < -0.39 is 21.7 Å². The number of sulfone groups is 1. The Morgan fingerprint density at radius 3 is 2.31 bits per heavy atom. The Hall–Kier alpha value is -2.19. The number of carboxylic acid groups (broad SMARTS) is 1. The van der Waals surface area contributed by atoms with Gasteiger partial charge in [-0.15, -0.1) is 11.3 Å². The second kappa shape index (κ2) is 7.20. The van der Waals surface area contributed by atoms with E-state index >= 15 is 0 Å². The normalized spacial score (nSPS) is 11.4. The van der Waals surface area contributed by atoms with Gasteiger partial charge >= 0.3 is 5.97 Å². The van der Waals surface area contributed by atoms with Crippen LogP contribution in [0.3, 0.4) is 0 Å². The molecule has 6 nitrogen and oxygen atoms in total. The zero-order valence-corrected chi connectivity index (χ0v) is 16.9. The Kier molecular flexibility index (Phi) is 5.58. The smallest absolute Gasteiger partial charge is 0.339 e. The van der Waals surface area contributed by atoms with E-state index in [0.29, 0.717) is 23.1 Å². The van der Waals surface area contributed by atoms with E-state index in [4.69, 9.17) is 0 Å². The van der Waals surface area contributed by atoms with E-state index in [1.807, 2.05) is 13.8 Å². The van der Waals surface area contributed by atoms with E-state index in [1.54, 1.807) is 13.8 Å². The van der Waals surface area contributed by atoms with Gasteiger partial charge in [0.1, 0.15) is 5.00 Å². The van der Waals surface area contributed by atoms with Gasteiger partial charge in [-0.05, 0) is 56.0 Å². The van der Waals surface area contributed by atoms with Crippen LogP contribution in [-0.2, 0) is 16.3 Å². The van der Waals surface area contributed by atoms with Crippen LogP contribution in [0.1, 0.15) is 49.2 Å². The molecule has 2 aromatic rings. The highest BCUT2D eigenvalue weighted by molar-refractivity contribution is 7.90. The maximum absolute atomic E-state index is 12.8. The first-order chi connectivity index (χ1) is 12.0. The Balaban J connectivity index is 2.53. The largest absolute Gasteiger partial charge is 0.478 e. The van der Waals surface area contributed by atoms with Gasteiger partial charge in [0, 0.05) is 16.7 Å². The molecule has 0 aliphatic heterocycles. The number of rotatable bonds is 5. The lowest BCUT2D eigenvalue weighted by molar-refractivity contribution is 0.0697. The molecule has 0 radical (unpaired) electrons. The number of anilines is 1. The van der Waals surface area contributed by atoms with Crippen LogP contribution in [0, 0.1) is 20.8 Å². The fourth-order valence-electron chi connectivity index (χ4n) is 2.77. The van der Waals surface area contributed by atoms with Gasteiger partial charge in [0.05, 0.1) is 10.5 Å². The van der Waals surface area contributed by atoms with Crippen molar-refractivity contribution < 1.29 is 23.1 Å². The average molecular weight is 396 g/mol. The first-order valence-electron chi connectivity index (χ1n) is 7.95. The maximum atomic E-state index is 12.8. The van der Waals surface area contributed by atoms with Crippen molar-refractivity contribution in [1.82, 2.24) is 0 Å². The van der Waals surface area contributed by atoms with Crippen LogP contribution in [0.5, 0.6) is 0 Å². The van der Waals surface area contributed by atoms with Crippen molar-refractivity contribution in [2.45, 2.75) is 39.0 Å². The zero-order chi connectivity index (χ0) is 19.8. The highest BCUT2D eigenvalue weighted by Gasteiger charge is 2.23. The molecule has 0 bridgehead atoms. The third kappa shape index (κ3) is 3.81. The number of aryl methyl sites for hydroxylation is 2. The quantitative estimate of drug-likeness (QED) is 0.806.